The van der Waals surface area contributed by atoms with Gasteiger partial charge in [-0.15, -0.1) is 0 Å². The second-order valence-electron chi connectivity index (χ2n) is 6.79. The van der Waals surface area contributed by atoms with Crippen LogP contribution < -0.4 is 5.14 Å². The van der Waals surface area contributed by atoms with E-state index in [1.165, 1.54) is 37.1 Å². The summed E-state index contributed by atoms with van der Waals surface area (Å²) in [5, 5.41) is 9.89. The van der Waals surface area contributed by atoms with Gasteiger partial charge in [0.25, 0.3) is 0 Å². The highest BCUT2D eigenvalue weighted by Gasteiger charge is 2.13. The van der Waals surface area contributed by atoms with Crippen LogP contribution in [0.3, 0.4) is 0 Å². The number of sulfonamides is 1. The molecule has 0 saturated carbocycles. The van der Waals surface area contributed by atoms with E-state index in [1.807, 2.05) is 6.07 Å². The van der Waals surface area contributed by atoms with Gasteiger partial charge in [-0.3, -0.25) is 0 Å². The van der Waals surface area contributed by atoms with Crippen molar-refractivity contribution in [1.29, 1.82) is 0 Å². The van der Waals surface area contributed by atoms with E-state index in [0.717, 1.165) is 36.2 Å². The van der Waals surface area contributed by atoms with Crippen LogP contribution in [0.5, 0.6) is 0 Å². The molecule has 28 heavy (non-hydrogen) atoms. The quantitative estimate of drug-likeness (QED) is 0.567. The molecule has 0 aliphatic heterocycles. The van der Waals surface area contributed by atoms with E-state index in [4.69, 9.17) is 10.2 Å². The van der Waals surface area contributed by atoms with Gasteiger partial charge in [0, 0.05) is 5.56 Å². The largest absolute Gasteiger partial charge is 0.238 e. The molecule has 0 aliphatic carbocycles. The molecule has 148 valence electrons. The van der Waals surface area contributed by atoms with Crippen LogP contribution in [-0.2, 0) is 16.4 Å². The molecule has 0 unspecified atom stereocenters. The molecule has 0 fully saturated rings. The number of nitrogens with zero attached hydrogens (tertiary/aromatic N) is 2. The molecule has 0 saturated heterocycles. The summed E-state index contributed by atoms with van der Waals surface area (Å²) in [7, 11) is -3.75. The lowest BCUT2D eigenvalue weighted by molar-refractivity contribution is 0.597. The maximum Gasteiger partial charge on any atom is 0.238 e. The average molecular weight is 402 g/mol. The Kier molecular flexibility index (Phi) is 6.26. The molecule has 3 aromatic rings. The van der Waals surface area contributed by atoms with Gasteiger partial charge in [-0.2, -0.15) is 5.10 Å². The molecule has 2 N–H and O–H groups in total. The highest BCUT2D eigenvalue weighted by Crippen LogP contribution is 2.26. The molecule has 5 nitrogen and oxygen atoms in total. The van der Waals surface area contributed by atoms with Gasteiger partial charge in [-0.1, -0.05) is 26.2 Å². The lowest BCUT2D eigenvalue weighted by atomic mass is 10.1. The van der Waals surface area contributed by atoms with Crippen molar-refractivity contribution in [3.63, 3.8) is 0 Å². The Balaban J connectivity index is 1.97. The van der Waals surface area contributed by atoms with E-state index in [0.29, 0.717) is 5.69 Å². The van der Waals surface area contributed by atoms with Gasteiger partial charge < -0.3 is 0 Å². The van der Waals surface area contributed by atoms with Gasteiger partial charge in [-0.05, 0) is 67.4 Å². The number of primary sulfonamides is 1. The first-order valence-electron chi connectivity index (χ1n) is 9.36. The summed E-state index contributed by atoms with van der Waals surface area (Å²) < 4.78 is 38.1. The van der Waals surface area contributed by atoms with Crippen molar-refractivity contribution in [3.05, 3.63) is 66.1 Å². The fourth-order valence-corrected chi connectivity index (χ4v) is 3.60. The third kappa shape index (κ3) is 4.85. The second kappa shape index (κ2) is 8.67. The van der Waals surface area contributed by atoms with Crippen LogP contribution in [0.2, 0.25) is 0 Å². The molecule has 0 atom stereocenters. The zero-order chi connectivity index (χ0) is 20.1. The van der Waals surface area contributed by atoms with Crippen LogP contribution in [-0.4, -0.2) is 18.2 Å². The minimum Gasteiger partial charge on any atom is -0.233 e. The molecule has 7 heteroatoms. The van der Waals surface area contributed by atoms with Crippen molar-refractivity contribution in [3.8, 4) is 16.9 Å². The van der Waals surface area contributed by atoms with Crippen LogP contribution in [0.1, 0.15) is 38.3 Å². The summed E-state index contributed by atoms with van der Waals surface area (Å²) >= 11 is 0. The van der Waals surface area contributed by atoms with Gasteiger partial charge in [0.2, 0.25) is 10.0 Å². The number of hydrogen-bond donors (Lipinski definition) is 1. The predicted octanol–water partition coefficient (Wildman–Crippen LogP) is 4.45. The fourth-order valence-electron chi connectivity index (χ4n) is 3.09. The molecule has 0 radical (unpaired) electrons. The number of halogens is 1. The topological polar surface area (TPSA) is 78.0 Å². The molecule has 2 aromatic carbocycles. The van der Waals surface area contributed by atoms with E-state index >= 15 is 0 Å². The Labute approximate surface area is 165 Å². The summed E-state index contributed by atoms with van der Waals surface area (Å²) in [4.78, 5) is 0.0477. The monoisotopic (exact) mass is 401 g/mol. The number of nitrogens with two attached hydrogens (primary N) is 1. The summed E-state index contributed by atoms with van der Waals surface area (Å²) in [5.74, 6) is -0.299. The SMILES string of the molecule is CCCCCCc1cc(-c2ccc(F)cc2)n(-c2ccc(S(N)(=O)=O)cc2)n1. The minimum atomic E-state index is -3.75. The number of rotatable bonds is 8. The highest BCUT2D eigenvalue weighted by atomic mass is 32.2. The first kappa shape index (κ1) is 20.2. The van der Waals surface area contributed by atoms with Crippen LogP contribution in [0.15, 0.2) is 59.5 Å². The lowest BCUT2D eigenvalue weighted by Crippen LogP contribution is -2.12. The number of unbranched alkanes of at least 4 members (excludes halogenated alkanes) is 3. The van der Waals surface area contributed by atoms with E-state index in [2.05, 4.69) is 6.92 Å². The van der Waals surface area contributed by atoms with Gasteiger partial charge in [0.1, 0.15) is 5.82 Å². The zero-order valence-electron chi connectivity index (χ0n) is 15.8. The Hall–Kier alpha value is -2.51. The number of hydrogen-bond acceptors (Lipinski definition) is 3. The summed E-state index contributed by atoms with van der Waals surface area (Å²) in [6.45, 7) is 2.17. The van der Waals surface area contributed by atoms with Crippen molar-refractivity contribution in [2.75, 3.05) is 0 Å². The van der Waals surface area contributed by atoms with Crippen LogP contribution in [0, 0.1) is 5.82 Å². The molecular weight excluding hydrogens is 377 g/mol. The van der Waals surface area contributed by atoms with Crippen molar-refractivity contribution in [2.24, 2.45) is 5.14 Å². The maximum absolute atomic E-state index is 13.3. The van der Waals surface area contributed by atoms with E-state index in [1.54, 1.807) is 28.9 Å². The summed E-state index contributed by atoms with van der Waals surface area (Å²) in [6, 6.07) is 14.5. The van der Waals surface area contributed by atoms with Crippen LogP contribution in [0.4, 0.5) is 4.39 Å². The molecule has 3 rings (SSSR count). The van der Waals surface area contributed by atoms with E-state index < -0.39 is 10.0 Å². The Bertz CT molecular complexity index is 1030. The first-order chi connectivity index (χ1) is 13.4. The first-order valence-corrected chi connectivity index (χ1v) is 10.9. The fraction of sp³-hybridized carbons (Fsp3) is 0.286. The van der Waals surface area contributed by atoms with Crippen molar-refractivity contribution in [1.82, 2.24) is 9.78 Å². The molecule has 1 aromatic heterocycles. The zero-order valence-corrected chi connectivity index (χ0v) is 16.6. The Morgan fingerprint density at radius 2 is 1.68 bits per heavy atom. The Morgan fingerprint density at radius 1 is 1.00 bits per heavy atom. The third-order valence-electron chi connectivity index (χ3n) is 4.60. The molecule has 0 aliphatic rings. The van der Waals surface area contributed by atoms with Gasteiger partial charge in [0.05, 0.1) is 22.0 Å². The lowest BCUT2D eigenvalue weighted by Gasteiger charge is -2.08. The van der Waals surface area contributed by atoms with Crippen LogP contribution >= 0.6 is 0 Å². The maximum atomic E-state index is 13.3. The predicted molar refractivity (Wildman–Crippen MR) is 108 cm³/mol. The average Bonchev–Trinajstić information content (AvgIpc) is 3.09. The van der Waals surface area contributed by atoms with E-state index in [9.17, 15) is 12.8 Å². The van der Waals surface area contributed by atoms with Crippen molar-refractivity contribution >= 4 is 10.0 Å². The number of aryl methyl sites for hydroxylation is 1. The smallest absolute Gasteiger partial charge is 0.233 e. The second-order valence-corrected chi connectivity index (χ2v) is 8.35. The Morgan fingerprint density at radius 3 is 2.29 bits per heavy atom. The van der Waals surface area contributed by atoms with E-state index in [-0.39, 0.29) is 10.7 Å². The summed E-state index contributed by atoms with van der Waals surface area (Å²) in [5.41, 5.74) is 3.33. The summed E-state index contributed by atoms with van der Waals surface area (Å²) in [6.07, 6.45) is 5.43. The normalized spacial score (nSPS) is 11.7. The third-order valence-corrected chi connectivity index (χ3v) is 5.53. The van der Waals surface area contributed by atoms with Crippen molar-refractivity contribution in [2.45, 2.75) is 43.9 Å². The van der Waals surface area contributed by atoms with Gasteiger partial charge in [0.15, 0.2) is 0 Å². The standard InChI is InChI=1S/C21H24FN3O2S/c1-2-3-4-5-6-18-15-21(16-7-9-17(22)10-8-16)25(24-18)19-11-13-20(14-12-19)28(23,26)27/h7-15H,2-6H2,1H3,(H2,23,26,27). The minimum absolute atomic E-state index is 0.0477. The number of benzene rings is 2. The molecule has 0 amide bonds. The molecule has 0 bridgehead atoms. The number of aromatic nitrogens is 2. The highest BCUT2D eigenvalue weighted by molar-refractivity contribution is 7.89. The molecular formula is C21H24FN3O2S. The van der Waals surface area contributed by atoms with Gasteiger partial charge in [-0.25, -0.2) is 22.6 Å². The van der Waals surface area contributed by atoms with Crippen LogP contribution in [0.25, 0.3) is 16.9 Å². The molecule has 1 heterocycles. The van der Waals surface area contributed by atoms with Crippen molar-refractivity contribution < 1.29 is 12.8 Å². The van der Waals surface area contributed by atoms with Gasteiger partial charge >= 0.3 is 0 Å². The molecule has 0 spiro atoms.